The standard InChI is InChI=1S/C14H17NO4.C8H11NO/c1-18-12-5-3-10(4-6-12)8-15-9-11(7-13(15)16)14(17)19-2;1-10-8-4-2-7(6-9)3-5-8/h3-6,11H,7-9H2,1-2H3;2-5H,6,9H2,1H3. The molecule has 1 aliphatic rings. The highest BCUT2D eigenvalue weighted by molar-refractivity contribution is 5.86. The number of likely N-dealkylation sites (tertiary alicyclic amines) is 1. The van der Waals surface area contributed by atoms with Crippen molar-refractivity contribution in [1.82, 2.24) is 4.90 Å². The van der Waals surface area contributed by atoms with Crippen LogP contribution >= 0.6 is 0 Å². The zero-order valence-corrected chi connectivity index (χ0v) is 17.1. The second-order valence-electron chi connectivity index (χ2n) is 6.60. The molecule has 1 fully saturated rings. The van der Waals surface area contributed by atoms with Gasteiger partial charge in [-0.2, -0.15) is 0 Å². The summed E-state index contributed by atoms with van der Waals surface area (Å²) in [4.78, 5) is 24.9. The zero-order valence-electron chi connectivity index (χ0n) is 17.1. The molecule has 2 aromatic carbocycles. The van der Waals surface area contributed by atoms with Crippen LogP contribution in [0.3, 0.4) is 0 Å². The predicted octanol–water partition coefficient (Wildman–Crippen LogP) is 2.37. The van der Waals surface area contributed by atoms with Crippen molar-refractivity contribution in [3.05, 3.63) is 59.7 Å². The van der Waals surface area contributed by atoms with Crippen molar-refractivity contribution in [1.29, 1.82) is 0 Å². The summed E-state index contributed by atoms with van der Waals surface area (Å²) in [5, 5.41) is 0. The molecular weight excluding hydrogens is 372 g/mol. The maximum absolute atomic E-state index is 11.8. The van der Waals surface area contributed by atoms with Crippen molar-refractivity contribution < 1.29 is 23.8 Å². The van der Waals surface area contributed by atoms with Crippen LogP contribution in [-0.2, 0) is 27.4 Å². The minimum atomic E-state index is -0.337. The van der Waals surface area contributed by atoms with E-state index in [1.807, 2.05) is 48.5 Å². The molecule has 29 heavy (non-hydrogen) atoms. The lowest BCUT2D eigenvalue weighted by Crippen LogP contribution is -2.26. The van der Waals surface area contributed by atoms with Gasteiger partial charge in [0.25, 0.3) is 0 Å². The summed E-state index contributed by atoms with van der Waals surface area (Å²) >= 11 is 0. The van der Waals surface area contributed by atoms with E-state index in [4.69, 9.17) is 15.2 Å². The van der Waals surface area contributed by atoms with Crippen LogP contribution in [-0.4, -0.2) is 44.7 Å². The van der Waals surface area contributed by atoms with E-state index in [2.05, 4.69) is 4.74 Å². The average Bonchev–Trinajstić information content (AvgIpc) is 3.14. The quantitative estimate of drug-likeness (QED) is 0.749. The summed E-state index contributed by atoms with van der Waals surface area (Å²) in [6.07, 6.45) is 0.239. The van der Waals surface area contributed by atoms with E-state index in [0.717, 1.165) is 22.6 Å². The third kappa shape index (κ3) is 6.50. The second kappa shape index (κ2) is 11.1. The Labute approximate surface area is 171 Å². The minimum Gasteiger partial charge on any atom is -0.497 e. The molecule has 1 saturated heterocycles. The Morgan fingerprint density at radius 3 is 1.93 bits per heavy atom. The lowest BCUT2D eigenvalue weighted by Gasteiger charge is -2.16. The number of benzene rings is 2. The van der Waals surface area contributed by atoms with Gasteiger partial charge < -0.3 is 24.8 Å². The summed E-state index contributed by atoms with van der Waals surface area (Å²) in [5.41, 5.74) is 7.54. The van der Waals surface area contributed by atoms with Crippen LogP contribution in [0.5, 0.6) is 11.5 Å². The molecule has 0 saturated carbocycles. The number of amides is 1. The maximum Gasteiger partial charge on any atom is 0.310 e. The summed E-state index contributed by atoms with van der Waals surface area (Å²) < 4.78 is 14.7. The molecule has 156 valence electrons. The van der Waals surface area contributed by atoms with Gasteiger partial charge in [-0.3, -0.25) is 9.59 Å². The van der Waals surface area contributed by atoms with Crippen molar-refractivity contribution in [3.63, 3.8) is 0 Å². The highest BCUT2D eigenvalue weighted by Gasteiger charge is 2.34. The van der Waals surface area contributed by atoms with E-state index in [1.54, 1.807) is 19.1 Å². The molecule has 2 aromatic rings. The molecule has 0 aromatic heterocycles. The molecule has 7 nitrogen and oxygen atoms in total. The molecule has 1 atom stereocenters. The monoisotopic (exact) mass is 400 g/mol. The van der Waals surface area contributed by atoms with Gasteiger partial charge in [0.1, 0.15) is 11.5 Å². The highest BCUT2D eigenvalue weighted by Crippen LogP contribution is 2.22. The average molecular weight is 400 g/mol. The predicted molar refractivity (Wildman–Crippen MR) is 109 cm³/mol. The summed E-state index contributed by atoms with van der Waals surface area (Å²) in [6.45, 7) is 1.53. The third-order valence-corrected chi connectivity index (χ3v) is 4.68. The van der Waals surface area contributed by atoms with Gasteiger partial charge in [0.2, 0.25) is 5.91 Å². The van der Waals surface area contributed by atoms with Gasteiger partial charge in [-0.15, -0.1) is 0 Å². The molecule has 2 N–H and O–H groups in total. The summed E-state index contributed by atoms with van der Waals surface area (Å²) in [5.74, 6) is 0.994. The Morgan fingerprint density at radius 1 is 0.966 bits per heavy atom. The first-order valence-electron chi connectivity index (χ1n) is 9.32. The van der Waals surface area contributed by atoms with Crippen molar-refractivity contribution in [2.75, 3.05) is 27.9 Å². The lowest BCUT2D eigenvalue weighted by molar-refractivity contribution is -0.145. The largest absolute Gasteiger partial charge is 0.497 e. The topological polar surface area (TPSA) is 91.1 Å². The van der Waals surface area contributed by atoms with Crippen LogP contribution in [0.15, 0.2) is 48.5 Å². The van der Waals surface area contributed by atoms with Gasteiger partial charge in [-0.25, -0.2) is 0 Å². The first-order chi connectivity index (χ1) is 14.0. The molecule has 0 radical (unpaired) electrons. The van der Waals surface area contributed by atoms with Crippen molar-refractivity contribution in [3.8, 4) is 11.5 Å². The zero-order chi connectivity index (χ0) is 21.2. The number of ether oxygens (including phenoxy) is 3. The van der Waals surface area contributed by atoms with E-state index >= 15 is 0 Å². The van der Waals surface area contributed by atoms with Crippen LogP contribution in [0, 0.1) is 5.92 Å². The lowest BCUT2D eigenvalue weighted by atomic mass is 10.1. The smallest absolute Gasteiger partial charge is 0.310 e. The molecule has 1 unspecified atom stereocenters. The van der Waals surface area contributed by atoms with Crippen LogP contribution in [0.25, 0.3) is 0 Å². The number of esters is 1. The Morgan fingerprint density at radius 2 is 1.48 bits per heavy atom. The van der Waals surface area contributed by atoms with Gasteiger partial charge in [-0.1, -0.05) is 24.3 Å². The molecule has 1 aliphatic heterocycles. The van der Waals surface area contributed by atoms with Gasteiger partial charge >= 0.3 is 5.97 Å². The van der Waals surface area contributed by atoms with Crippen LogP contribution in [0.1, 0.15) is 17.5 Å². The Bertz CT molecular complexity index is 767. The first-order valence-corrected chi connectivity index (χ1v) is 9.32. The summed E-state index contributed by atoms with van der Waals surface area (Å²) in [7, 11) is 4.61. The number of rotatable bonds is 6. The molecular formula is C22H28N2O5. The number of methoxy groups -OCH3 is 3. The number of hydrogen-bond donors (Lipinski definition) is 1. The molecule has 3 rings (SSSR count). The van der Waals surface area contributed by atoms with Crippen LogP contribution in [0.4, 0.5) is 0 Å². The number of hydrogen-bond acceptors (Lipinski definition) is 6. The number of carbonyl (C=O) groups is 2. The van der Waals surface area contributed by atoms with Crippen molar-refractivity contribution in [2.24, 2.45) is 11.7 Å². The number of carbonyl (C=O) groups excluding carboxylic acids is 2. The van der Waals surface area contributed by atoms with E-state index < -0.39 is 0 Å². The third-order valence-electron chi connectivity index (χ3n) is 4.68. The van der Waals surface area contributed by atoms with E-state index in [-0.39, 0.29) is 24.2 Å². The normalized spacial score (nSPS) is 15.4. The van der Waals surface area contributed by atoms with Crippen molar-refractivity contribution >= 4 is 11.9 Å². The van der Waals surface area contributed by atoms with Gasteiger partial charge in [0.15, 0.2) is 0 Å². The van der Waals surface area contributed by atoms with Gasteiger partial charge in [0, 0.05) is 26.1 Å². The highest BCUT2D eigenvalue weighted by atomic mass is 16.5. The number of nitrogens with two attached hydrogens (primary N) is 1. The van der Waals surface area contributed by atoms with Crippen molar-refractivity contribution in [2.45, 2.75) is 19.5 Å². The Kier molecular flexibility index (Phi) is 8.48. The van der Waals surface area contributed by atoms with E-state index in [1.165, 1.54) is 7.11 Å². The number of nitrogens with zero attached hydrogens (tertiary/aromatic N) is 1. The molecule has 7 heteroatoms. The fraction of sp³-hybridized carbons (Fsp3) is 0.364. The van der Waals surface area contributed by atoms with Gasteiger partial charge in [0.05, 0.1) is 27.2 Å². The Balaban J connectivity index is 0.000000253. The second-order valence-corrected chi connectivity index (χ2v) is 6.60. The first kappa shape index (κ1) is 22.2. The fourth-order valence-corrected chi connectivity index (χ4v) is 2.96. The maximum atomic E-state index is 11.8. The van der Waals surface area contributed by atoms with E-state index in [9.17, 15) is 9.59 Å². The van der Waals surface area contributed by atoms with Gasteiger partial charge in [-0.05, 0) is 35.4 Å². The minimum absolute atomic E-state index is 0.00813. The molecule has 1 heterocycles. The SMILES string of the molecule is COC(=O)C1CC(=O)N(Cc2ccc(OC)cc2)C1.COc1ccc(CN)cc1. The van der Waals surface area contributed by atoms with Crippen LogP contribution in [0.2, 0.25) is 0 Å². The molecule has 0 aliphatic carbocycles. The Hall–Kier alpha value is -3.06. The summed E-state index contributed by atoms with van der Waals surface area (Å²) in [6, 6.07) is 15.3. The molecule has 0 spiro atoms. The van der Waals surface area contributed by atoms with Crippen LogP contribution < -0.4 is 15.2 Å². The molecule has 0 bridgehead atoms. The fourth-order valence-electron chi connectivity index (χ4n) is 2.96. The molecule has 1 amide bonds. The van der Waals surface area contributed by atoms with E-state index in [0.29, 0.717) is 19.6 Å².